The van der Waals surface area contributed by atoms with Crippen LogP contribution in [0.25, 0.3) is 0 Å². The summed E-state index contributed by atoms with van der Waals surface area (Å²) in [4.78, 5) is 11.9. The Morgan fingerprint density at radius 2 is 2.00 bits per heavy atom. The van der Waals surface area contributed by atoms with Crippen molar-refractivity contribution >= 4 is 22.4 Å². The van der Waals surface area contributed by atoms with Crippen molar-refractivity contribution in [3.05, 3.63) is 29.3 Å². The van der Waals surface area contributed by atoms with Gasteiger partial charge < -0.3 is 14.8 Å². The molecule has 0 aliphatic heterocycles. The summed E-state index contributed by atoms with van der Waals surface area (Å²) >= 11 is 1.36. The van der Waals surface area contributed by atoms with E-state index in [1.807, 2.05) is 45.0 Å². The molecule has 2 aromatic rings. The molecule has 7 heteroatoms. The van der Waals surface area contributed by atoms with Gasteiger partial charge in [0.25, 0.3) is 0 Å². The second-order valence-electron chi connectivity index (χ2n) is 5.98. The first-order valence-electron chi connectivity index (χ1n) is 7.29. The first-order chi connectivity index (χ1) is 10.9. The molecule has 1 amide bonds. The number of hydrogen-bond acceptors (Lipinski definition) is 6. The molecule has 6 nitrogen and oxygen atoms in total. The topological polar surface area (TPSA) is 73.3 Å². The molecular weight excluding hydrogens is 314 g/mol. The number of nitrogens with one attached hydrogen (secondary N) is 1. The number of ether oxygens (including phenoxy) is 2. The number of carbonyl (C=O) groups is 1. The number of anilines is 1. The maximum absolute atomic E-state index is 11.9. The zero-order valence-corrected chi connectivity index (χ0v) is 14.6. The third kappa shape index (κ3) is 5.21. The Morgan fingerprint density at radius 1 is 1.26 bits per heavy atom. The number of rotatable bonds is 6. The molecule has 0 saturated carbocycles. The fourth-order valence-corrected chi connectivity index (χ4v) is 2.35. The van der Waals surface area contributed by atoms with Crippen molar-refractivity contribution in [3.63, 3.8) is 0 Å². The minimum absolute atomic E-state index is 0.0761. The summed E-state index contributed by atoms with van der Waals surface area (Å²) in [6.07, 6.45) is 0.625. The Balaban J connectivity index is 1.84. The number of nitrogens with zero attached hydrogens (tertiary/aromatic N) is 2. The van der Waals surface area contributed by atoms with Crippen LogP contribution in [0, 0.1) is 5.41 Å². The monoisotopic (exact) mass is 335 g/mol. The van der Waals surface area contributed by atoms with E-state index < -0.39 is 5.41 Å². The highest BCUT2D eigenvalue weighted by atomic mass is 32.1. The lowest BCUT2D eigenvalue weighted by atomic mass is 9.96. The molecule has 0 aliphatic carbocycles. The highest BCUT2D eigenvalue weighted by molar-refractivity contribution is 7.15. The van der Waals surface area contributed by atoms with Crippen molar-refractivity contribution in [2.45, 2.75) is 27.2 Å². The summed E-state index contributed by atoms with van der Waals surface area (Å²) in [7, 11) is 1.62. The lowest BCUT2D eigenvalue weighted by Gasteiger charge is -2.15. The van der Waals surface area contributed by atoms with Gasteiger partial charge >= 0.3 is 0 Å². The lowest BCUT2D eigenvalue weighted by Crippen LogP contribution is -2.27. The van der Waals surface area contributed by atoms with Crippen LogP contribution in [0.5, 0.6) is 11.5 Å². The zero-order chi connectivity index (χ0) is 16.9. The average molecular weight is 335 g/mol. The van der Waals surface area contributed by atoms with Crippen LogP contribution in [0.3, 0.4) is 0 Å². The molecule has 0 atom stereocenters. The average Bonchev–Trinajstić information content (AvgIpc) is 2.94. The zero-order valence-electron chi connectivity index (χ0n) is 13.8. The molecule has 0 fully saturated rings. The van der Waals surface area contributed by atoms with Crippen molar-refractivity contribution in [3.8, 4) is 11.5 Å². The molecule has 0 aliphatic rings. The van der Waals surface area contributed by atoms with Gasteiger partial charge in [-0.05, 0) is 12.1 Å². The predicted octanol–water partition coefficient (Wildman–Crippen LogP) is 3.15. The van der Waals surface area contributed by atoms with Crippen molar-refractivity contribution in [1.82, 2.24) is 10.2 Å². The van der Waals surface area contributed by atoms with Gasteiger partial charge in [0, 0.05) is 17.9 Å². The Morgan fingerprint density at radius 3 is 2.70 bits per heavy atom. The summed E-state index contributed by atoms with van der Waals surface area (Å²) < 4.78 is 10.8. The molecule has 124 valence electrons. The van der Waals surface area contributed by atoms with E-state index >= 15 is 0 Å². The standard InChI is InChI=1S/C16H21N3O3S/c1-16(2,3)14(20)17-15-19-18-13(23-15)8-9-22-12-7-5-6-11(10-12)21-4/h5-7,10H,8-9H2,1-4H3,(H,17,19,20). The second kappa shape index (κ2) is 7.41. The minimum Gasteiger partial charge on any atom is -0.497 e. The summed E-state index contributed by atoms with van der Waals surface area (Å²) in [6.45, 7) is 6.04. The largest absolute Gasteiger partial charge is 0.497 e. The minimum atomic E-state index is -0.457. The summed E-state index contributed by atoms with van der Waals surface area (Å²) in [5, 5.41) is 12.2. The van der Waals surface area contributed by atoms with Gasteiger partial charge in [-0.25, -0.2) is 0 Å². The van der Waals surface area contributed by atoms with Gasteiger partial charge in [0.15, 0.2) is 0 Å². The Bertz CT molecular complexity index is 665. The van der Waals surface area contributed by atoms with Crippen LogP contribution < -0.4 is 14.8 Å². The summed E-state index contributed by atoms with van der Waals surface area (Å²) in [5.41, 5.74) is -0.457. The van der Waals surface area contributed by atoms with Gasteiger partial charge in [0.2, 0.25) is 11.0 Å². The molecular formula is C16H21N3O3S. The van der Waals surface area contributed by atoms with E-state index in [2.05, 4.69) is 15.5 Å². The van der Waals surface area contributed by atoms with E-state index in [-0.39, 0.29) is 5.91 Å². The van der Waals surface area contributed by atoms with Crippen LogP contribution in [0.15, 0.2) is 24.3 Å². The van der Waals surface area contributed by atoms with Crippen LogP contribution in [-0.4, -0.2) is 29.8 Å². The first kappa shape index (κ1) is 17.2. The van der Waals surface area contributed by atoms with Crippen molar-refractivity contribution in [2.75, 3.05) is 19.0 Å². The predicted molar refractivity (Wildman–Crippen MR) is 90.2 cm³/mol. The lowest BCUT2D eigenvalue weighted by molar-refractivity contribution is -0.123. The van der Waals surface area contributed by atoms with E-state index in [1.165, 1.54) is 11.3 Å². The van der Waals surface area contributed by atoms with Gasteiger partial charge in [-0.3, -0.25) is 4.79 Å². The molecule has 1 heterocycles. The van der Waals surface area contributed by atoms with Crippen LogP contribution in [0.2, 0.25) is 0 Å². The quantitative estimate of drug-likeness (QED) is 0.878. The number of hydrogen-bond donors (Lipinski definition) is 1. The van der Waals surface area contributed by atoms with Crippen molar-refractivity contribution in [1.29, 1.82) is 0 Å². The normalized spacial score (nSPS) is 11.1. The number of aromatic nitrogens is 2. The van der Waals surface area contributed by atoms with E-state index in [0.717, 1.165) is 16.5 Å². The first-order valence-corrected chi connectivity index (χ1v) is 8.11. The highest BCUT2D eigenvalue weighted by Crippen LogP contribution is 2.22. The van der Waals surface area contributed by atoms with Gasteiger partial charge in [-0.15, -0.1) is 10.2 Å². The van der Waals surface area contributed by atoms with Gasteiger partial charge in [0.05, 0.1) is 13.7 Å². The Labute approximate surface area is 139 Å². The summed E-state index contributed by atoms with van der Waals surface area (Å²) in [6, 6.07) is 7.44. The molecule has 0 saturated heterocycles. The van der Waals surface area contributed by atoms with Gasteiger partial charge in [0.1, 0.15) is 16.5 Å². The smallest absolute Gasteiger partial charge is 0.231 e. The van der Waals surface area contributed by atoms with E-state index in [4.69, 9.17) is 9.47 Å². The third-order valence-electron chi connectivity index (χ3n) is 2.99. The van der Waals surface area contributed by atoms with E-state index in [0.29, 0.717) is 18.2 Å². The van der Waals surface area contributed by atoms with Crippen molar-refractivity contribution in [2.24, 2.45) is 5.41 Å². The number of benzene rings is 1. The number of methoxy groups -OCH3 is 1. The number of carbonyl (C=O) groups excluding carboxylic acids is 1. The van der Waals surface area contributed by atoms with E-state index in [1.54, 1.807) is 7.11 Å². The molecule has 0 radical (unpaired) electrons. The molecule has 1 N–H and O–H groups in total. The molecule has 2 rings (SSSR count). The molecule has 1 aromatic carbocycles. The second-order valence-corrected chi connectivity index (χ2v) is 7.04. The Hall–Kier alpha value is -2.15. The van der Waals surface area contributed by atoms with Crippen LogP contribution in [0.1, 0.15) is 25.8 Å². The molecule has 0 bridgehead atoms. The Kier molecular flexibility index (Phi) is 5.54. The van der Waals surface area contributed by atoms with Crippen LogP contribution >= 0.6 is 11.3 Å². The molecule has 0 spiro atoms. The van der Waals surface area contributed by atoms with E-state index in [9.17, 15) is 4.79 Å². The maximum atomic E-state index is 11.9. The molecule has 1 aromatic heterocycles. The fraction of sp³-hybridized carbons (Fsp3) is 0.438. The summed E-state index contributed by atoms with van der Waals surface area (Å²) in [5.74, 6) is 1.42. The van der Waals surface area contributed by atoms with Crippen molar-refractivity contribution < 1.29 is 14.3 Å². The fourth-order valence-electron chi connectivity index (χ4n) is 1.64. The molecule has 23 heavy (non-hydrogen) atoms. The van der Waals surface area contributed by atoms with Crippen LogP contribution in [0.4, 0.5) is 5.13 Å². The maximum Gasteiger partial charge on any atom is 0.231 e. The highest BCUT2D eigenvalue weighted by Gasteiger charge is 2.22. The third-order valence-corrected chi connectivity index (χ3v) is 3.89. The molecule has 0 unspecified atom stereocenters. The number of amides is 1. The van der Waals surface area contributed by atoms with Crippen LogP contribution in [-0.2, 0) is 11.2 Å². The SMILES string of the molecule is COc1cccc(OCCc2nnc(NC(=O)C(C)(C)C)s2)c1. The van der Waals surface area contributed by atoms with Gasteiger partial charge in [-0.1, -0.05) is 38.2 Å². The van der Waals surface area contributed by atoms with Gasteiger partial charge in [-0.2, -0.15) is 0 Å².